The summed E-state index contributed by atoms with van der Waals surface area (Å²) in [5, 5.41) is 0. The van der Waals surface area contributed by atoms with Crippen LogP contribution in [0.15, 0.2) is 18.2 Å². The molecule has 1 nitrogen and oxygen atoms in total. The summed E-state index contributed by atoms with van der Waals surface area (Å²) in [5.41, 5.74) is 0.793. The van der Waals surface area contributed by atoms with Crippen molar-refractivity contribution in [3.63, 3.8) is 0 Å². The number of hydrogen-bond donors (Lipinski definition) is 0. The molecule has 0 bridgehead atoms. The van der Waals surface area contributed by atoms with Crippen LogP contribution in [0.5, 0.6) is 5.75 Å². The number of benzene rings is 1. The van der Waals surface area contributed by atoms with Crippen LogP contribution >= 0.6 is 15.9 Å². The molecule has 2 unspecified atom stereocenters. The fourth-order valence-electron chi connectivity index (χ4n) is 2.41. The molecule has 0 spiro atoms. The van der Waals surface area contributed by atoms with Crippen LogP contribution in [0.2, 0.25) is 0 Å². The third-order valence-electron chi connectivity index (χ3n) is 3.29. The Bertz CT molecular complexity index is 367. The zero-order valence-corrected chi connectivity index (χ0v) is 11.0. The molecule has 3 heteroatoms. The molecule has 0 saturated heterocycles. The monoisotopic (exact) mass is 286 g/mol. The van der Waals surface area contributed by atoms with Crippen LogP contribution < -0.4 is 4.74 Å². The lowest BCUT2D eigenvalue weighted by molar-refractivity contribution is 0.376. The SMILES string of the molecule is COc1cccc(C2CCCCC2Br)c1F. The highest BCUT2D eigenvalue weighted by molar-refractivity contribution is 9.09. The van der Waals surface area contributed by atoms with Crippen molar-refractivity contribution < 1.29 is 9.13 Å². The molecule has 0 amide bonds. The lowest BCUT2D eigenvalue weighted by Crippen LogP contribution is -2.18. The van der Waals surface area contributed by atoms with E-state index in [-0.39, 0.29) is 11.7 Å². The third kappa shape index (κ3) is 2.24. The van der Waals surface area contributed by atoms with Gasteiger partial charge in [-0.15, -0.1) is 0 Å². The maximum absolute atomic E-state index is 14.1. The Morgan fingerprint density at radius 3 is 2.75 bits per heavy atom. The van der Waals surface area contributed by atoms with Gasteiger partial charge in [0.05, 0.1) is 7.11 Å². The number of methoxy groups -OCH3 is 1. The van der Waals surface area contributed by atoms with E-state index in [4.69, 9.17) is 4.74 Å². The van der Waals surface area contributed by atoms with E-state index in [9.17, 15) is 4.39 Å². The zero-order chi connectivity index (χ0) is 11.5. The number of rotatable bonds is 2. The van der Waals surface area contributed by atoms with Crippen LogP contribution in [-0.2, 0) is 0 Å². The van der Waals surface area contributed by atoms with Crippen molar-refractivity contribution in [1.82, 2.24) is 0 Å². The largest absolute Gasteiger partial charge is 0.494 e. The summed E-state index contributed by atoms with van der Waals surface area (Å²) in [7, 11) is 1.51. The second-order valence-electron chi connectivity index (χ2n) is 4.27. The molecule has 0 radical (unpaired) electrons. The minimum Gasteiger partial charge on any atom is -0.494 e. The average Bonchev–Trinajstić information content (AvgIpc) is 2.31. The van der Waals surface area contributed by atoms with Crippen molar-refractivity contribution in [2.75, 3.05) is 7.11 Å². The summed E-state index contributed by atoms with van der Waals surface area (Å²) in [6.07, 6.45) is 4.60. The normalized spacial score (nSPS) is 25.4. The van der Waals surface area contributed by atoms with Gasteiger partial charge in [-0.3, -0.25) is 0 Å². The van der Waals surface area contributed by atoms with Gasteiger partial charge >= 0.3 is 0 Å². The van der Waals surface area contributed by atoms with Gasteiger partial charge in [-0.2, -0.15) is 0 Å². The average molecular weight is 287 g/mol. The minimum atomic E-state index is -0.193. The van der Waals surface area contributed by atoms with Crippen LogP contribution in [0.4, 0.5) is 4.39 Å². The van der Waals surface area contributed by atoms with E-state index in [2.05, 4.69) is 15.9 Å². The second kappa shape index (κ2) is 5.17. The van der Waals surface area contributed by atoms with Gasteiger partial charge in [-0.05, 0) is 30.4 Å². The van der Waals surface area contributed by atoms with Gasteiger partial charge in [0.15, 0.2) is 11.6 Å². The maximum atomic E-state index is 14.1. The summed E-state index contributed by atoms with van der Waals surface area (Å²) < 4.78 is 19.1. The van der Waals surface area contributed by atoms with E-state index in [1.807, 2.05) is 12.1 Å². The summed E-state index contributed by atoms with van der Waals surface area (Å²) >= 11 is 3.66. The van der Waals surface area contributed by atoms with E-state index >= 15 is 0 Å². The topological polar surface area (TPSA) is 9.23 Å². The van der Waals surface area contributed by atoms with Crippen LogP contribution in [0.3, 0.4) is 0 Å². The fourth-order valence-corrected chi connectivity index (χ4v) is 3.28. The highest BCUT2D eigenvalue weighted by Crippen LogP contribution is 2.39. The van der Waals surface area contributed by atoms with Crippen molar-refractivity contribution in [2.45, 2.75) is 36.4 Å². The predicted octanol–water partition coefficient (Wildman–Crippen LogP) is 4.26. The van der Waals surface area contributed by atoms with Gasteiger partial charge in [0.1, 0.15) is 0 Å². The third-order valence-corrected chi connectivity index (χ3v) is 4.39. The molecule has 1 aliphatic rings. The molecule has 1 aromatic rings. The first kappa shape index (κ1) is 11.9. The molecule has 88 valence electrons. The molecular formula is C13H16BrFO. The molecule has 0 aliphatic heterocycles. The van der Waals surface area contributed by atoms with Crippen molar-refractivity contribution in [3.8, 4) is 5.75 Å². The van der Waals surface area contributed by atoms with Crippen molar-refractivity contribution >= 4 is 15.9 Å². The Morgan fingerprint density at radius 1 is 1.31 bits per heavy atom. The second-order valence-corrected chi connectivity index (χ2v) is 5.45. The molecule has 1 aromatic carbocycles. The van der Waals surface area contributed by atoms with E-state index in [1.54, 1.807) is 6.07 Å². The quantitative estimate of drug-likeness (QED) is 0.739. The van der Waals surface area contributed by atoms with E-state index < -0.39 is 0 Å². The summed E-state index contributed by atoms with van der Waals surface area (Å²) in [5.74, 6) is 0.438. The predicted molar refractivity (Wildman–Crippen MR) is 66.9 cm³/mol. The van der Waals surface area contributed by atoms with Gasteiger partial charge in [-0.1, -0.05) is 40.9 Å². The van der Waals surface area contributed by atoms with Crippen molar-refractivity contribution in [3.05, 3.63) is 29.6 Å². The minimum absolute atomic E-state index is 0.193. The van der Waals surface area contributed by atoms with Crippen LogP contribution in [-0.4, -0.2) is 11.9 Å². The van der Waals surface area contributed by atoms with E-state index in [1.165, 1.54) is 20.0 Å². The maximum Gasteiger partial charge on any atom is 0.168 e. The number of hydrogen-bond acceptors (Lipinski definition) is 1. The Hall–Kier alpha value is -0.570. The highest BCUT2D eigenvalue weighted by Gasteiger charge is 2.27. The fraction of sp³-hybridized carbons (Fsp3) is 0.538. The van der Waals surface area contributed by atoms with Gasteiger partial charge in [-0.25, -0.2) is 4.39 Å². The first-order valence-electron chi connectivity index (χ1n) is 5.70. The standard InChI is InChI=1S/C13H16BrFO/c1-16-12-8-4-6-10(13(12)15)9-5-2-3-7-11(9)14/h4,6,8-9,11H,2-3,5,7H2,1H3. The molecule has 1 saturated carbocycles. The molecule has 1 aliphatic carbocycles. The van der Waals surface area contributed by atoms with Gasteiger partial charge in [0.2, 0.25) is 0 Å². The van der Waals surface area contributed by atoms with E-state index in [0.29, 0.717) is 10.6 Å². The molecule has 16 heavy (non-hydrogen) atoms. The van der Waals surface area contributed by atoms with Crippen molar-refractivity contribution in [1.29, 1.82) is 0 Å². The van der Waals surface area contributed by atoms with Gasteiger partial charge in [0.25, 0.3) is 0 Å². The van der Waals surface area contributed by atoms with Crippen LogP contribution in [0, 0.1) is 5.82 Å². The Kier molecular flexibility index (Phi) is 3.85. The first-order valence-corrected chi connectivity index (χ1v) is 6.62. The summed E-state index contributed by atoms with van der Waals surface area (Å²) in [6.45, 7) is 0. The lowest BCUT2D eigenvalue weighted by Gasteiger charge is -2.28. The molecule has 0 N–H and O–H groups in total. The first-order chi connectivity index (χ1) is 7.74. The smallest absolute Gasteiger partial charge is 0.168 e. The number of alkyl halides is 1. The van der Waals surface area contributed by atoms with Gasteiger partial charge < -0.3 is 4.74 Å². The summed E-state index contributed by atoms with van der Waals surface area (Å²) in [4.78, 5) is 0.392. The van der Waals surface area contributed by atoms with E-state index in [0.717, 1.165) is 18.4 Å². The molecule has 0 heterocycles. The lowest BCUT2D eigenvalue weighted by atomic mass is 9.83. The Labute approximate surface area is 104 Å². The Morgan fingerprint density at radius 2 is 2.06 bits per heavy atom. The molecule has 0 aromatic heterocycles. The number of ether oxygens (including phenoxy) is 1. The molecule has 2 atom stereocenters. The van der Waals surface area contributed by atoms with Crippen molar-refractivity contribution in [2.24, 2.45) is 0 Å². The van der Waals surface area contributed by atoms with Crippen LogP contribution in [0.1, 0.15) is 37.2 Å². The zero-order valence-electron chi connectivity index (χ0n) is 9.38. The number of halogens is 2. The summed E-state index contributed by atoms with van der Waals surface area (Å²) in [6, 6.07) is 5.42. The molecular weight excluding hydrogens is 271 g/mol. The Balaban J connectivity index is 2.31. The molecule has 2 rings (SSSR count). The van der Waals surface area contributed by atoms with Gasteiger partial charge in [0, 0.05) is 4.83 Å². The molecule has 1 fully saturated rings. The highest BCUT2D eigenvalue weighted by atomic mass is 79.9. The van der Waals surface area contributed by atoms with Crippen LogP contribution in [0.25, 0.3) is 0 Å².